The highest BCUT2D eigenvalue weighted by molar-refractivity contribution is 5.25. The Kier molecular flexibility index (Phi) is 5.97. The van der Waals surface area contributed by atoms with E-state index in [-0.39, 0.29) is 29.5 Å². The molecule has 5 rings (SSSR count). The molecule has 5 aliphatic rings. The molecule has 0 aliphatic heterocycles. The van der Waals surface area contributed by atoms with E-state index in [1.165, 1.54) is 25.7 Å². The van der Waals surface area contributed by atoms with Crippen LogP contribution in [0.25, 0.3) is 0 Å². The fourth-order valence-corrected chi connectivity index (χ4v) is 11.0. The summed E-state index contributed by atoms with van der Waals surface area (Å²) in [7, 11) is 0. The van der Waals surface area contributed by atoms with Gasteiger partial charge in [0.05, 0.1) is 25.4 Å². The summed E-state index contributed by atoms with van der Waals surface area (Å²) in [5.74, 6) is 1.82. The van der Waals surface area contributed by atoms with Gasteiger partial charge < -0.3 is 20.4 Å². The first-order chi connectivity index (χ1) is 15.9. The number of hydrogen-bond donors (Lipinski definition) is 4. The van der Waals surface area contributed by atoms with Crippen LogP contribution in [0.1, 0.15) is 98.8 Å². The van der Waals surface area contributed by atoms with E-state index in [9.17, 15) is 20.4 Å². The van der Waals surface area contributed by atoms with E-state index < -0.39 is 23.0 Å². The fraction of sp³-hybridized carbons (Fsp3) is 0.933. The van der Waals surface area contributed by atoms with Gasteiger partial charge in [0.25, 0.3) is 0 Å². The molecule has 0 saturated heterocycles. The van der Waals surface area contributed by atoms with Gasteiger partial charge in [0.2, 0.25) is 0 Å². The topological polar surface area (TPSA) is 80.9 Å². The van der Waals surface area contributed by atoms with Crippen molar-refractivity contribution in [2.45, 2.75) is 111 Å². The molecule has 4 fully saturated rings. The number of allylic oxidation sites excluding steroid dienone is 2. The van der Waals surface area contributed by atoms with Crippen molar-refractivity contribution in [2.24, 2.45) is 50.7 Å². The maximum atomic E-state index is 10.9. The lowest BCUT2D eigenvalue weighted by Gasteiger charge is -2.64. The standard InChI is InChI=1S/C30H50O4/c1-26-13-10-23-28(3,15-12-25(34)30(23,5)18-32)21(26)9-7-20-19(16-26)6-8-22-27(20,2)14-11-24(33)29(22,4)17-31/h6,20-25,31-34H,7-18H2,1-5H3/t20-,21+,22+,23-,24-,25-,26-,27+,28+,29+,30+/m0/s1. The molecule has 0 aromatic heterocycles. The van der Waals surface area contributed by atoms with Crippen molar-refractivity contribution < 1.29 is 20.4 Å². The molecule has 0 bridgehead atoms. The maximum absolute atomic E-state index is 10.9. The van der Waals surface area contributed by atoms with E-state index in [0.29, 0.717) is 23.7 Å². The van der Waals surface area contributed by atoms with Crippen molar-refractivity contribution in [2.75, 3.05) is 13.2 Å². The molecule has 194 valence electrons. The largest absolute Gasteiger partial charge is 0.396 e. The number of aliphatic hydroxyl groups excluding tert-OH is 4. The molecule has 0 aromatic carbocycles. The van der Waals surface area contributed by atoms with Gasteiger partial charge in [-0.2, -0.15) is 0 Å². The van der Waals surface area contributed by atoms with Crippen LogP contribution in [0.2, 0.25) is 0 Å². The first kappa shape index (κ1) is 25.2. The van der Waals surface area contributed by atoms with E-state index in [1.807, 2.05) is 0 Å². The van der Waals surface area contributed by atoms with Crippen LogP contribution in [-0.4, -0.2) is 45.8 Å². The van der Waals surface area contributed by atoms with Gasteiger partial charge >= 0.3 is 0 Å². The van der Waals surface area contributed by atoms with Crippen LogP contribution in [0.5, 0.6) is 0 Å². The minimum Gasteiger partial charge on any atom is -0.396 e. The molecule has 0 aromatic rings. The zero-order valence-corrected chi connectivity index (χ0v) is 22.3. The predicted molar refractivity (Wildman–Crippen MR) is 135 cm³/mol. The summed E-state index contributed by atoms with van der Waals surface area (Å²) in [4.78, 5) is 0. The number of hydrogen-bond acceptors (Lipinski definition) is 4. The van der Waals surface area contributed by atoms with E-state index in [1.54, 1.807) is 5.57 Å². The van der Waals surface area contributed by atoms with Gasteiger partial charge in [-0.15, -0.1) is 0 Å². The molecular formula is C30H50O4. The van der Waals surface area contributed by atoms with Crippen molar-refractivity contribution in [1.82, 2.24) is 0 Å². The highest BCUT2D eigenvalue weighted by Crippen LogP contribution is 2.70. The van der Waals surface area contributed by atoms with Gasteiger partial charge in [-0.1, -0.05) is 46.3 Å². The molecule has 11 atom stereocenters. The second kappa shape index (κ2) is 8.04. The number of aliphatic hydroxyl groups is 4. The van der Waals surface area contributed by atoms with Gasteiger partial charge in [0, 0.05) is 10.8 Å². The predicted octanol–water partition coefficient (Wildman–Crippen LogP) is 5.08. The van der Waals surface area contributed by atoms with E-state index in [2.05, 4.69) is 40.7 Å². The average molecular weight is 475 g/mol. The summed E-state index contributed by atoms with van der Waals surface area (Å²) < 4.78 is 0. The molecule has 4 saturated carbocycles. The average Bonchev–Trinajstić information content (AvgIpc) is 2.96. The third-order valence-electron chi connectivity index (χ3n) is 13.2. The fourth-order valence-electron chi connectivity index (χ4n) is 11.0. The lowest BCUT2D eigenvalue weighted by Crippen LogP contribution is -2.60. The molecule has 4 nitrogen and oxygen atoms in total. The Labute approximate surface area is 207 Å². The highest BCUT2D eigenvalue weighted by atomic mass is 16.3. The first-order valence-corrected chi connectivity index (χ1v) is 14.2. The van der Waals surface area contributed by atoms with Crippen LogP contribution in [0, 0.1) is 50.7 Å². The Morgan fingerprint density at radius 3 is 1.91 bits per heavy atom. The SMILES string of the molecule is C[C@@]12CC[C@H]3[C@](C)(CC[C@H](O)[C@]3(C)CO)[C@@H]1CC[C@H]1C(=CC[C@@H]3[C@]1(C)CC[C@H](O)[C@]3(C)CO)C2. The van der Waals surface area contributed by atoms with Gasteiger partial charge in [-0.25, -0.2) is 0 Å². The van der Waals surface area contributed by atoms with Gasteiger partial charge in [0.15, 0.2) is 0 Å². The summed E-state index contributed by atoms with van der Waals surface area (Å²) in [6, 6.07) is 0. The summed E-state index contributed by atoms with van der Waals surface area (Å²) in [6.45, 7) is 11.9. The molecule has 5 aliphatic carbocycles. The van der Waals surface area contributed by atoms with Gasteiger partial charge in [-0.3, -0.25) is 0 Å². The molecule has 0 amide bonds. The van der Waals surface area contributed by atoms with Crippen LogP contribution < -0.4 is 0 Å². The van der Waals surface area contributed by atoms with Crippen LogP contribution in [-0.2, 0) is 0 Å². The number of rotatable bonds is 2. The van der Waals surface area contributed by atoms with E-state index >= 15 is 0 Å². The van der Waals surface area contributed by atoms with Crippen molar-refractivity contribution in [1.29, 1.82) is 0 Å². The third-order valence-corrected chi connectivity index (χ3v) is 13.2. The Morgan fingerprint density at radius 2 is 1.29 bits per heavy atom. The molecular weight excluding hydrogens is 424 g/mol. The second-order valence-electron chi connectivity index (χ2n) is 14.6. The Morgan fingerprint density at radius 1 is 0.706 bits per heavy atom. The lowest BCUT2D eigenvalue weighted by atomic mass is 9.42. The lowest BCUT2D eigenvalue weighted by molar-refractivity contribution is -0.189. The maximum Gasteiger partial charge on any atom is 0.0618 e. The van der Waals surface area contributed by atoms with Crippen molar-refractivity contribution in [3.8, 4) is 0 Å². The van der Waals surface area contributed by atoms with E-state index in [0.717, 1.165) is 38.5 Å². The van der Waals surface area contributed by atoms with E-state index in [4.69, 9.17) is 0 Å². The number of fused-ring (bicyclic) bond motifs is 6. The highest BCUT2D eigenvalue weighted by Gasteiger charge is 2.64. The van der Waals surface area contributed by atoms with Gasteiger partial charge in [0.1, 0.15) is 0 Å². The molecule has 0 heterocycles. The van der Waals surface area contributed by atoms with Crippen LogP contribution >= 0.6 is 0 Å². The van der Waals surface area contributed by atoms with Crippen molar-refractivity contribution in [3.05, 3.63) is 11.6 Å². The molecule has 0 spiro atoms. The molecule has 4 heteroatoms. The zero-order chi connectivity index (χ0) is 24.7. The third kappa shape index (κ3) is 3.17. The van der Waals surface area contributed by atoms with Crippen LogP contribution in [0.4, 0.5) is 0 Å². The summed E-state index contributed by atoms with van der Waals surface area (Å²) in [6.07, 6.45) is 12.2. The van der Waals surface area contributed by atoms with Crippen LogP contribution in [0.15, 0.2) is 11.6 Å². The van der Waals surface area contributed by atoms with Crippen molar-refractivity contribution in [3.63, 3.8) is 0 Å². The zero-order valence-electron chi connectivity index (χ0n) is 22.3. The molecule has 34 heavy (non-hydrogen) atoms. The Bertz CT molecular complexity index is 840. The second-order valence-corrected chi connectivity index (χ2v) is 14.6. The summed E-state index contributed by atoms with van der Waals surface area (Å²) in [5, 5.41) is 42.6. The van der Waals surface area contributed by atoms with Gasteiger partial charge in [-0.05, 0) is 104 Å². The molecule has 4 N–H and O–H groups in total. The Hall–Kier alpha value is -0.420. The molecule has 0 radical (unpaired) electrons. The smallest absolute Gasteiger partial charge is 0.0618 e. The quantitative estimate of drug-likeness (QED) is 0.421. The summed E-state index contributed by atoms with van der Waals surface area (Å²) in [5.41, 5.74) is 1.39. The molecule has 0 unspecified atom stereocenters. The normalized spacial score (nSPS) is 57.4. The monoisotopic (exact) mass is 474 g/mol. The Balaban J connectivity index is 1.50. The summed E-state index contributed by atoms with van der Waals surface area (Å²) >= 11 is 0. The minimum atomic E-state index is -0.419. The first-order valence-electron chi connectivity index (χ1n) is 14.2. The van der Waals surface area contributed by atoms with Crippen molar-refractivity contribution >= 4 is 0 Å². The van der Waals surface area contributed by atoms with Crippen LogP contribution in [0.3, 0.4) is 0 Å². The minimum absolute atomic E-state index is 0.0620.